The highest BCUT2D eigenvalue weighted by Crippen LogP contribution is 2.47. The van der Waals surface area contributed by atoms with Crippen molar-refractivity contribution in [2.75, 3.05) is 0 Å². The minimum absolute atomic E-state index is 0.151. The Morgan fingerprint density at radius 3 is 2.67 bits per heavy atom. The Hall–Kier alpha value is -2.34. The van der Waals surface area contributed by atoms with Crippen molar-refractivity contribution in [2.24, 2.45) is 13.0 Å². The average molecular weight is 328 g/mol. The van der Waals surface area contributed by atoms with Crippen LogP contribution in [0.5, 0.6) is 11.5 Å². The maximum atomic E-state index is 12.7. The van der Waals surface area contributed by atoms with Crippen molar-refractivity contribution in [3.8, 4) is 22.6 Å². The highest BCUT2D eigenvalue weighted by Gasteiger charge is 2.31. The molecule has 6 nitrogen and oxygen atoms in total. The summed E-state index contributed by atoms with van der Waals surface area (Å²) >= 11 is 0. The van der Waals surface area contributed by atoms with E-state index in [0.29, 0.717) is 35.1 Å². The molecule has 0 amide bonds. The zero-order valence-electron chi connectivity index (χ0n) is 13.5. The molecule has 2 fully saturated rings. The zero-order chi connectivity index (χ0) is 16.8. The second-order valence-corrected chi connectivity index (χ2v) is 6.86. The molecule has 2 N–H and O–H groups in total. The van der Waals surface area contributed by atoms with Crippen LogP contribution >= 0.6 is 0 Å². The third-order valence-corrected chi connectivity index (χ3v) is 4.86. The van der Waals surface area contributed by atoms with Gasteiger partial charge in [-0.1, -0.05) is 6.07 Å². The molecular weight excluding hydrogens is 308 g/mol. The minimum atomic E-state index is -0.314. The first kappa shape index (κ1) is 15.2. The van der Waals surface area contributed by atoms with Crippen molar-refractivity contribution in [1.29, 1.82) is 0 Å². The molecule has 2 aromatic rings. The van der Waals surface area contributed by atoms with E-state index in [4.69, 9.17) is 0 Å². The summed E-state index contributed by atoms with van der Waals surface area (Å²) in [5.41, 5.74) is 2.25. The molecule has 0 saturated heterocycles. The van der Waals surface area contributed by atoms with Gasteiger partial charge < -0.3 is 9.99 Å². The number of aromatic hydroxyl groups is 1. The molecule has 2 saturated carbocycles. The Kier molecular flexibility index (Phi) is 3.57. The van der Waals surface area contributed by atoms with Gasteiger partial charge in [0, 0.05) is 7.05 Å². The molecule has 24 heavy (non-hydrogen) atoms. The van der Waals surface area contributed by atoms with Gasteiger partial charge >= 0.3 is 0 Å². The Bertz CT molecular complexity index is 851. The Balaban J connectivity index is 1.94. The second kappa shape index (κ2) is 5.63. The van der Waals surface area contributed by atoms with Gasteiger partial charge in [-0.25, -0.2) is 9.94 Å². The number of phenolic OH excluding ortho intramolecular Hbond substituents is 1. The number of hydrogen-bond acceptors (Lipinski definition) is 5. The van der Waals surface area contributed by atoms with E-state index in [9.17, 15) is 15.2 Å². The lowest BCUT2D eigenvalue weighted by Gasteiger charge is -2.15. The third-order valence-electron chi connectivity index (χ3n) is 4.86. The number of rotatable bonds is 5. The fourth-order valence-electron chi connectivity index (χ4n) is 3.25. The minimum Gasteiger partial charge on any atom is -0.508 e. The van der Waals surface area contributed by atoms with Crippen LogP contribution in [0.1, 0.15) is 42.9 Å². The monoisotopic (exact) mass is 328 g/mol. The van der Waals surface area contributed by atoms with Crippen molar-refractivity contribution in [3.63, 3.8) is 0 Å². The van der Waals surface area contributed by atoms with E-state index in [1.807, 2.05) is 0 Å². The van der Waals surface area contributed by atoms with Crippen LogP contribution in [0, 0.1) is 5.92 Å². The molecule has 1 aromatic heterocycles. The Morgan fingerprint density at radius 1 is 1.29 bits per heavy atom. The van der Waals surface area contributed by atoms with Crippen molar-refractivity contribution in [1.82, 2.24) is 9.78 Å². The molecular formula is C18H20N2O4. The van der Waals surface area contributed by atoms with Crippen LogP contribution in [0.3, 0.4) is 0 Å². The van der Waals surface area contributed by atoms with Gasteiger partial charge in [0.25, 0.3) is 5.56 Å². The molecule has 0 radical (unpaired) electrons. The lowest BCUT2D eigenvalue weighted by atomic mass is 9.95. The molecule has 126 valence electrons. The maximum Gasteiger partial charge on any atom is 0.278 e. The first-order valence-electron chi connectivity index (χ1n) is 8.33. The smallest absolute Gasteiger partial charge is 0.278 e. The SMILES string of the molecule is Cn1nc(CC2CC2)c(OO)c(-c2ccc(O)cc2C2CC2)c1=O. The fourth-order valence-corrected chi connectivity index (χ4v) is 3.25. The number of aryl methyl sites for hydroxylation is 1. The number of benzene rings is 1. The predicted octanol–water partition coefficient (Wildman–Crippen LogP) is 2.83. The number of phenols is 1. The Morgan fingerprint density at radius 2 is 2.04 bits per heavy atom. The molecule has 2 aliphatic rings. The van der Waals surface area contributed by atoms with Crippen LogP contribution in [0.2, 0.25) is 0 Å². The molecule has 0 unspecified atom stereocenters. The van der Waals surface area contributed by atoms with Crippen molar-refractivity contribution in [3.05, 3.63) is 39.8 Å². The largest absolute Gasteiger partial charge is 0.508 e. The van der Waals surface area contributed by atoms with E-state index in [-0.39, 0.29) is 17.1 Å². The Labute approximate surface area is 139 Å². The van der Waals surface area contributed by atoms with E-state index < -0.39 is 0 Å². The third kappa shape index (κ3) is 2.67. The first-order valence-corrected chi connectivity index (χ1v) is 8.33. The van der Waals surface area contributed by atoms with Crippen LogP contribution in [-0.2, 0) is 13.5 Å². The highest BCUT2D eigenvalue weighted by atomic mass is 17.1. The van der Waals surface area contributed by atoms with Gasteiger partial charge in [-0.05, 0) is 67.2 Å². The predicted molar refractivity (Wildman–Crippen MR) is 88.2 cm³/mol. The zero-order valence-corrected chi connectivity index (χ0v) is 13.5. The summed E-state index contributed by atoms with van der Waals surface area (Å²) in [6.45, 7) is 0. The van der Waals surface area contributed by atoms with E-state index in [1.165, 1.54) is 4.68 Å². The quantitative estimate of drug-likeness (QED) is 0.651. The average Bonchev–Trinajstić information content (AvgIpc) is 3.44. The van der Waals surface area contributed by atoms with Gasteiger partial charge in [-0.15, -0.1) is 0 Å². The molecule has 1 heterocycles. The van der Waals surface area contributed by atoms with E-state index in [2.05, 4.69) is 9.99 Å². The summed E-state index contributed by atoms with van der Waals surface area (Å²) in [4.78, 5) is 17.4. The van der Waals surface area contributed by atoms with E-state index in [0.717, 1.165) is 31.2 Å². The summed E-state index contributed by atoms with van der Waals surface area (Å²) in [5, 5.41) is 23.6. The fraction of sp³-hybridized carbons (Fsp3) is 0.444. The molecule has 4 rings (SSSR count). The van der Waals surface area contributed by atoms with Crippen LogP contribution < -0.4 is 10.4 Å². The summed E-state index contributed by atoms with van der Waals surface area (Å²) in [7, 11) is 1.61. The summed E-state index contributed by atoms with van der Waals surface area (Å²) < 4.78 is 1.30. The van der Waals surface area contributed by atoms with Crippen LogP contribution in [0.4, 0.5) is 0 Å². The van der Waals surface area contributed by atoms with E-state index >= 15 is 0 Å². The normalized spacial score (nSPS) is 17.1. The van der Waals surface area contributed by atoms with E-state index in [1.54, 1.807) is 25.2 Å². The molecule has 2 aliphatic carbocycles. The van der Waals surface area contributed by atoms with Crippen molar-refractivity contribution < 1.29 is 15.3 Å². The lowest BCUT2D eigenvalue weighted by molar-refractivity contribution is -0.138. The van der Waals surface area contributed by atoms with Crippen molar-refractivity contribution in [2.45, 2.75) is 38.0 Å². The lowest BCUT2D eigenvalue weighted by Crippen LogP contribution is -2.24. The van der Waals surface area contributed by atoms with Crippen LogP contribution in [-0.4, -0.2) is 20.1 Å². The number of hydrogen-bond donors (Lipinski definition) is 2. The van der Waals surface area contributed by atoms with Gasteiger partial charge in [0.2, 0.25) is 5.75 Å². The highest BCUT2D eigenvalue weighted by molar-refractivity contribution is 5.75. The molecule has 0 bridgehead atoms. The summed E-state index contributed by atoms with van der Waals surface area (Å²) in [6, 6.07) is 4.99. The van der Waals surface area contributed by atoms with Crippen molar-refractivity contribution >= 4 is 0 Å². The molecule has 0 atom stereocenters. The van der Waals surface area contributed by atoms with Gasteiger partial charge in [0.05, 0.1) is 5.56 Å². The molecule has 6 heteroatoms. The topological polar surface area (TPSA) is 84.6 Å². The van der Waals surface area contributed by atoms with Gasteiger partial charge in [0.15, 0.2) is 0 Å². The number of aromatic nitrogens is 2. The molecule has 0 aliphatic heterocycles. The van der Waals surface area contributed by atoms with Gasteiger partial charge in [0.1, 0.15) is 11.4 Å². The number of nitrogens with zero attached hydrogens (tertiary/aromatic N) is 2. The second-order valence-electron chi connectivity index (χ2n) is 6.86. The van der Waals surface area contributed by atoms with Gasteiger partial charge in [-0.2, -0.15) is 5.10 Å². The summed E-state index contributed by atoms with van der Waals surface area (Å²) in [6.07, 6.45) is 5.03. The summed E-state index contributed by atoms with van der Waals surface area (Å²) in [5.74, 6) is 1.21. The van der Waals surface area contributed by atoms with Crippen LogP contribution in [0.25, 0.3) is 11.1 Å². The van der Waals surface area contributed by atoms with Crippen LogP contribution in [0.15, 0.2) is 23.0 Å². The van der Waals surface area contributed by atoms with Gasteiger partial charge in [-0.3, -0.25) is 4.79 Å². The first-order chi connectivity index (χ1) is 11.6. The standard InChI is InChI=1S/C18H20N2O4/c1-20-18(22)16(17(24-23)15(19-20)8-10-2-3-10)13-7-6-12(21)9-14(13)11-4-5-11/h6-7,9-11,21,23H,2-5,8H2,1H3. The molecule has 1 aromatic carbocycles. The maximum absolute atomic E-state index is 12.7. The molecule has 0 spiro atoms.